The van der Waals surface area contributed by atoms with Gasteiger partial charge in [-0.1, -0.05) is 0 Å². The Balaban J connectivity index is 0.00000112. The third-order valence-electron chi connectivity index (χ3n) is 6.16. The standard InChI is InChI=1S/C19H15.C6H10.2ClH.Zr/c1-13-10-19-16(11-15-8-4-5-9-17(15)19)12-18(13)14-6-2-3-7-14;1-2-4-6-5-3-1;;;/h2-6,8-10H,7,11H2,1H3;1-5H2;2*1H;/q;;;;+2/p-2. The van der Waals surface area contributed by atoms with Gasteiger partial charge in [-0.3, -0.25) is 0 Å². The minimum absolute atomic E-state index is 0. The van der Waals surface area contributed by atoms with Gasteiger partial charge in [0.05, 0.1) is 0 Å². The second kappa shape index (κ2) is 9.38. The van der Waals surface area contributed by atoms with Crippen LogP contribution in [0.2, 0.25) is 0 Å². The fourth-order valence-corrected chi connectivity index (χ4v) is 9.33. The van der Waals surface area contributed by atoms with Gasteiger partial charge in [-0.15, -0.1) is 0 Å². The molecule has 0 aliphatic heterocycles. The summed E-state index contributed by atoms with van der Waals surface area (Å²) in [6.07, 6.45) is 16.4. The zero-order valence-electron chi connectivity index (χ0n) is 16.3. The van der Waals surface area contributed by atoms with Crippen molar-refractivity contribution in [3.05, 3.63) is 70.8 Å². The van der Waals surface area contributed by atoms with Gasteiger partial charge >= 0.3 is 169 Å². The molecule has 0 unspecified atom stereocenters. The van der Waals surface area contributed by atoms with E-state index in [2.05, 4.69) is 55.5 Å². The molecule has 0 spiro atoms. The molecule has 28 heavy (non-hydrogen) atoms. The average molecular weight is 488 g/mol. The van der Waals surface area contributed by atoms with E-state index < -0.39 is 22.8 Å². The van der Waals surface area contributed by atoms with Gasteiger partial charge in [-0.25, -0.2) is 0 Å². The van der Waals surface area contributed by atoms with Crippen LogP contribution in [0, 0.1) is 6.92 Å². The zero-order valence-corrected chi connectivity index (χ0v) is 20.3. The largest absolute Gasteiger partial charge is 1.00 e. The first-order valence-electron chi connectivity index (χ1n) is 10.0. The van der Waals surface area contributed by atoms with E-state index in [0.29, 0.717) is 0 Å². The second-order valence-electron chi connectivity index (χ2n) is 7.92. The molecule has 1 saturated carbocycles. The van der Waals surface area contributed by atoms with Crippen molar-refractivity contribution in [3.8, 4) is 11.1 Å². The number of allylic oxidation sites excluding steroid dienone is 4. The summed E-state index contributed by atoms with van der Waals surface area (Å²) in [7, 11) is 0. The summed E-state index contributed by atoms with van der Waals surface area (Å²) in [4.78, 5) is 0. The van der Waals surface area contributed by atoms with Gasteiger partial charge in [-0.2, -0.15) is 0 Å². The molecule has 3 aliphatic rings. The van der Waals surface area contributed by atoms with Crippen molar-refractivity contribution in [2.24, 2.45) is 0 Å². The van der Waals surface area contributed by atoms with Crippen molar-refractivity contribution < 1.29 is 47.6 Å². The summed E-state index contributed by atoms with van der Waals surface area (Å²) in [5.41, 5.74) is 10.9. The van der Waals surface area contributed by atoms with E-state index in [0.717, 1.165) is 12.8 Å². The summed E-state index contributed by atoms with van der Waals surface area (Å²) in [5.74, 6) is 0. The van der Waals surface area contributed by atoms with Crippen LogP contribution in [0.5, 0.6) is 0 Å². The van der Waals surface area contributed by atoms with Gasteiger partial charge < -0.3 is 24.8 Å². The summed E-state index contributed by atoms with van der Waals surface area (Å²) in [6, 6.07) is 11.6. The molecule has 0 nitrogen and oxygen atoms in total. The summed E-state index contributed by atoms with van der Waals surface area (Å²) < 4.78 is 3.77. The molecule has 0 heterocycles. The van der Waals surface area contributed by atoms with Gasteiger partial charge in [0, 0.05) is 0 Å². The van der Waals surface area contributed by atoms with Crippen molar-refractivity contribution >= 4 is 12.1 Å². The van der Waals surface area contributed by atoms with Crippen LogP contribution >= 0.6 is 0 Å². The Hall–Kier alpha value is -0.747. The molecule has 3 heteroatoms. The molecule has 0 saturated heterocycles. The van der Waals surface area contributed by atoms with Gasteiger partial charge in [0.2, 0.25) is 0 Å². The van der Waals surface area contributed by atoms with Crippen LogP contribution in [-0.2, 0) is 29.2 Å². The molecule has 0 amide bonds. The SMILES string of the molecule is Cc1cc2c([c]([Zr+2]=[C]3CCCCC3)c1C1=CC=CC1)Cc1ccccc1-2.[Cl-].[Cl-]. The van der Waals surface area contributed by atoms with E-state index in [1.807, 2.05) is 6.48 Å². The summed E-state index contributed by atoms with van der Waals surface area (Å²) >= 11 is -0.672. The molecule has 2 aromatic rings. The average Bonchev–Trinajstić information content (AvgIpc) is 3.31. The molecule has 143 valence electrons. The van der Waals surface area contributed by atoms with E-state index in [1.165, 1.54) is 48.8 Å². The Morgan fingerprint density at radius 2 is 1.71 bits per heavy atom. The Bertz CT molecular complexity index is 974. The molecular formula is C25H25Cl2Zr. The predicted octanol–water partition coefficient (Wildman–Crippen LogP) is -0.238. The van der Waals surface area contributed by atoms with Crippen molar-refractivity contribution in [2.45, 2.75) is 51.9 Å². The van der Waals surface area contributed by atoms with E-state index >= 15 is 0 Å². The van der Waals surface area contributed by atoms with Gasteiger partial charge in [0.1, 0.15) is 0 Å². The van der Waals surface area contributed by atoms with E-state index in [9.17, 15) is 0 Å². The first-order valence-corrected chi connectivity index (χ1v) is 12.5. The smallest absolute Gasteiger partial charge is 1.00 e. The number of hydrogen-bond acceptors (Lipinski definition) is 0. The van der Waals surface area contributed by atoms with Gasteiger partial charge in [0.15, 0.2) is 0 Å². The molecule has 0 bridgehead atoms. The molecule has 3 aliphatic carbocycles. The van der Waals surface area contributed by atoms with Crippen LogP contribution in [0.15, 0.2) is 48.6 Å². The van der Waals surface area contributed by atoms with Crippen LogP contribution in [0.4, 0.5) is 0 Å². The topological polar surface area (TPSA) is 0 Å². The maximum atomic E-state index is 2.49. The summed E-state index contributed by atoms with van der Waals surface area (Å²) in [5, 5.41) is 0. The normalized spacial score (nSPS) is 16.5. The number of hydrogen-bond donors (Lipinski definition) is 0. The van der Waals surface area contributed by atoms with Gasteiger partial charge in [-0.05, 0) is 0 Å². The number of aryl methyl sites for hydroxylation is 1. The minimum Gasteiger partial charge on any atom is -1.00 e. The molecule has 0 radical (unpaired) electrons. The van der Waals surface area contributed by atoms with Crippen molar-refractivity contribution in [3.63, 3.8) is 0 Å². The van der Waals surface area contributed by atoms with Crippen LogP contribution in [0.1, 0.15) is 60.8 Å². The molecule has 1 fully saturated rings. The maximum Gasteiger partial charge on any atom is -1.00 e. The van der Waals surface area contributed by atoms with Crippen molar-refractivity contribution in [2.75, 3.05) is 0 Å². The Labute approximate surface area is 192 Å². The fraction of sp³-hybridized carbons (Fsp3) is 0.320. The van der Waals surface area contributed by atoms with E-state index in [1.54, 1.807) is 22.3 Å². The Kier molecular flexibility index (Phi) is 7.35. The third-order valence-corrected chi connectivity index (χ3v) is 10.2. The van der Waals surface area contributed by atoms with Crippen LogP contribution in [0.25, 0.3) is 16.7 Å². The Morgan fingerprint density at radius 1 is 0.929 bits per heavy atom. The van der Waals surface area contributed by atoms with Crippen LogP contribution in [0.3, 0.4) is 0 Å². The maximum absolute atomic E-state index is 2.49. The Morgan fingerprint density at radius 3 is 2.46 bits per heavy atom. The minimum atomic E-state index is -0.672. The first kappa shape index (κ1) is 21.9. The van der Waals surface area contributed by atoms with E-state index in [4.69, 9.17) is 0 Å². The zero-order chi connectivity index (χ0) is 17.5. The quantitative estimate of drug-likeness (QED) is 0.468. The molecule has 2 aromatic carbocycles. The number of rotatable bonds is 2. The van der Waals surface area contributed by atoms with Gasteiger partial charge in [0.25, 0.3) is 0 Å². The monoisotopic (exact) mass is 485 g/mol. The first-order chi connectivity index (χ1) is 12.8. The van der Waals surface area contributed by atoms with Crippen LogP contribution in [-0.4, -0.2) is 3.21 Å². The fourth-order valence-electron chi connectivity index (χ4n) is 4.87. The van der Waals surface area contributed by atoms with Crippen molar-refractivity contribution in [1.82, 2.24) is 0 Å². The number of benzene rings is 2. The van der Waals surface area contributed by atoms with Crippen LogP contribution < -0.4 is 28.1 Å². The summed E-state index contributed by atoms with van der Waals surface area (Å²) in [6.45, 7) is 2.35. The molecule has 0 atom stereocenters. The number of fused-ring (bicyclic) bond motifs is 3. The molecule has 0 N–H and O–H groups in total. The second-order valence-corrected chi connectivity index (χ2v) is 11.5. The number of halogens is 2. The molecule has 5 rings (SSSR count). The van der Waals surface area contributed by atoms with Crippen molar-refractivity contribution in [1.29, 1.82) is 0 Å². The third kappa shape index (κ3) is 3.96. The molecule has 0 aromatic heterocycles. The molecular weight excluding hydrogens is 462 g/mol. The predicted molar refractivity (Wildman–Crippen MR) is 109 cm³/mol. The van der Waals surface area contributed by atoms with E-state index in [-0.39, 0.29) is 24.8 Å².